The number of anilines is 1. The van der Waals surface area contributed by atoms with Gasteiger partial charge in [0.25, 0.3) is 0 Å². The van der Waals surface area contributed by atoms with Gasteiger partial charge in [0, 0.05) is 13.1 Å². The highest BCUT2D eigenvalue weighted by Gasteiger charge is 2.29. The smallest absolute Gasteiger partial charge is 0.147 e. The molecule has 4 heteroatoms. The van der Waals surface area contributed by atoms with Crippen LogP contribution in [-0.2, 0) is 0 Å². The van der Waals surface area contributed by atoms with Crippen molar-refractivity contribution in [3.05, 3.63) is 30.5 Å². The minimum atomic E-state index is 0.292. The fraction of sp³-hybridized carbons (Fsp3) is 0.467. The largest absolute Gasteiger partial charge is 0.355 e. The number of para-hydroxylation sites is 2. The van der Waals surface area contributed by atoms with E-state index in [9.17, 15) is 0 Å². The summed E-state index contributed by atoms with van der Waals surface area (Å²) in [5.41, 5.74) is 8.06. The zero-order valence-corrected chi connectivity index (χ0v) is 11.3. The molecule has 0 spiro atoms. The quantitative estimate of drug-likeness (QED) is 0.895. The first-order valence-corrected chi connectivity index (χ1v) is 6.87. The number of piperidine rings is 1. The van der Waals surface area contributed by atoms with Gasteiger partial charge in [-0.1, -0.05) is 19.1 Å². The Balaban J connectivity index is 1.82. The molecule has 19 heavy (non-hydrogen) atoms. The van der Waals surface area contributed by atoms with E-state index in [0.29, 0.717) is 5.41 Å². The average Bonchev–Trinajstić information content (AvgIpc) is 2.47. The van der Waals surface area contributed by atoms with Crippen molar-refractivity contribution in [3.63, 3.8) is 0 Å². The molecule has 1 aromatic heterocycles. The zero-order chi connectivity index (χ0) is 13.3. The molecule has 1 aromatic carbocycles. The second-order valence-corrected chi connectivity index (χ2v) is 5.72. The normalized spacial score (nSPS) is 18.7. The van der Waals surface area contributed by atoms with Gasteiger partial charge >= 0.3 is 0 Å². The molecule has 2 heterocycles. The van der Waals surface area contributed by atoms with Crippen molar-refractivity contribution >= 4 is 16.9 Å². The van der Waals surface area contributed by atoms with Crippen molar-refractivity contribution in [2.75, 3.05) is 24.5 Å². The van der Waals surface area contributed by atoms with Gasteiger partial charge in [-0.15, -0.1) is 0 Å². The first-order valence-electron chi connectivity index (χ1n) is 6.87. The highest BCUT2D eigenvalue weighted by atomic mass is 15.2. The van der Waals surface area contributed by atoms with Gasteiger partial charge in [0.05, 0.1) is 17.2 Å². The molecule has 100 valence electrons. The molecule has 0 atom stereocenters. The van der Waals surface area contributed by atoms with Crippen LogP contribution in [0.4, 0.5) is 5.82 Å². The lowest BCUT2D eigenvalue weighted by atomic mass is 9.80. The van der Waals surface area contributed by atoms with E-state index >= 15 is 0 Å². The second-order valence-electron chi connectivity index (χ2n) is 5.72. The van der Waals surface area contributed by atoms with Crippen LogP contribution in [0.1, 0.15) is 19.8 Å². The lowest BCUT2D eigenvalue weighted by Gasteiger charge is -2.39. The van der Waals surface area contributed by atoms with Crippen LogP contribution in [0.25, 0.3) is 11.0 Å². The first-order chi connectivity index (χ1) is 9.20. The fourth-order valence-corrected chi connectivity index (χ4v) is 2.58. The van der Waals surface area contributed by atoms with Gasteiger partial charge in [0.2, 0.25) is 0 Å². The Hall–Kier alpha value is -1.68. The van der Waals surface area contributed by atoms with Gasteiger partial charge in [-0.2, -0.15) is 0 Å². The van der Waals surface area contributed by atoms with Gasteiger partial charge in [-0.25, -0.2) is 4.98 Å². The Bertz CT molecular complexity index is 573. The molecule has 0 saturated carbocycles. The molecule has 3 rings (SSSR count). The lowest BCUT2D eigenvalue weighted by molar-refractivity contribution is 0.258. The molecule has 1 aliphatic heterocycles. The molecule has 1 aliphatic rings. The van der Waals surface area contributed by atoms with Crippen LogP contribution in [0.3, 0.4) is 0 Å². The number of rotatable bonds is 2. The van der Waals surface area contributed by atoms with Gasteiger partial charge < -0.3 is 10.6 Å². The van der Waals surface area contributed by atoms with Crippen LogP contribution in [0.15, 0.2) is 30.5 Å². The van der Waals surface area contributed by atoms with E-state index in [1.165, 1.54) is 0 Å². The van der Waals surface area contributed by atoms with E-state index in [0.717, 1.165) is 49.3 Å². The molecule has 1 fully saturated rings. The summed E-state index contributed by atoms with van der Waals surface area (Å²) in [5, 5.41) is 0. The van der Waals surface area contributed by atoms with Crippen LogP contribution in [0, 0.1) is 5.41 Å². The van der Waals surface area contributed by atoms with Crippen molar-refractivity contribution in [2.24, 2.45) is 11.1 Å². The number of fused-ring (bicyclic) bond motifs is 1. The van der Waals surface area contributed by atoms with Crippen LogP contribution >= 0.6 is 0 Å². The molecule has 0 bridgehead atoms. The molecule has 4 nitrogen and oxygen atoms in total. The maximum Gasteiger partial charge on any atom is 0.147 e. The number of hydrogen-bond donors (Lipinski definition) is 1. The van der Waals surface area contributed by atoms with Crippen LogP contribution in [-0.4, -0.2) is 29.6 Å². The SMILES string of the molecule is CC1(CN)CCN(c2cnc3ccccc3n2)CC1. The molecule has 0 radical (unpaired) electrons. The summed E-state index contributed by atoms with van der Waals surface area (Å²) >= 11 is 0. The third-order valence-corrected chi connectivity index (χ3v) is 4.22. The summed E-state index contributed by atoms with van der Waals surface area (Å²) in [7, 11) is 0. The third-order valence-electron chi connectivity index (χ3n) is 4.22. The van der Waals surface area contributed by atoms with Crippen molar-refractivity contribution in [3.8, 4) is 0 Å². The van der Waals surface area contributed by atoms with E-state index < -0.39 is 0 Å². The molecule has 0 amide bonds. The summed E-state index contributed by atoms with van der Waals surface area (Å²) in [6.07, 6.45) is 4.13. The number of benzene rings is 1. The third kappa shape index (κ3) is 2.40. The Morgan fingerprint density at radius 3 is 2.58 bits per heavy atom. The Labute approximate surface area is 113 Å². The second kappa shape index (κ2) is 4.78. The summed E-state index contributed by atoms with van der Waals surface area (Å²) in [4.78, 5) is 11.5. The minimum absolute atomic E-state index is 0.292. The first kappa shape index (κ1) is 12.4. The molecular formula is C15H20N4. The molecule has 0 unspecified atom stereocenters. The fourth-order valence-electron chi connectivity index (χ4n) is 2.58. The monoisotopic (exact) mass is 256 g/mol. The minimum Gasteiger partial charge on any atom is -0.355 e. The number of nitrogens with zero attached hydrogens (tertiary/aromatic N) is 3. The molecular weight excluding hydrogens is 236 g/mol. The van der Waals surface area contributed by atoms with Gasteiger partial charge in [-0.05, 0) is 36.9 Å². The summed E-state index contributed by atoms with van der Waals surface area (Å²) < 4.78 is 0. The highest BCUT2D eigenvalue weighted by molar-refractivity contribution is 5.75. The average molecular weight is 256 g/mol. The molecule has 2 N–H and O–H groups in total. The van der Waals surface area contributed by atoms with E-state index in [2.05, 4.69) is 16.8 Å². The maximum absolute atomic E-state index is 5.85. The summed E-state index contributed by atoms with van der Waals surface area (Å²) in [6, 6.07) is 8.00. The van der Waals surface area contributed by atoms with E-state index in [1.54, 1.807) is 0 Å². The summed E-state index contributed by atoms with van der Waals surface area (Å²) in [5.74, 6) is 0.984. The van der Waals surface area contributed by atoms with Gasteiger partial charge in [0.15, 0.2) is 0 Å². The van der Waals surface area contributed by atoms with Crippen molar-refractivity contribution in [1.29, 1.82) is 0 Å². The number of hydrogen-bond acceptors (Lipinski definition) is 4. The predicted octanol–water partition coefficient (Wildman–Crippen LogP) is 2.20. The van der Waals surface area contributed by atoms with Crippen molar-refractivity contribution in [2.45, 2.75) is 19.8 Å². The number of nitrogens with two attached hydrogens (primary N) is 1. The standard InChI is InChI=1S/C15H20N4/c1-15(11-16)6-8-19(9-7-15)14-10-17-12-4-2-3-5-13(12)18-14/h2-5,10H,6-9,11,16H2,1H3. The van der Waals surface area contributed by atoms with Gasteiger partial charge in [-0.3, -0.25) is 4.98 Å². The highest BCUT2D eigenvalue weighted by Crippen LogP contribution is 2.31. The number of aromatic nitrogens is 2. The van der Waals surface area contributed by atoms with E-state index in [4.69, 9.17) is 10.7 Å². The van der Waals surface area contributed by atoms with E-state index in [-0.39, 0.29) is 0 Å². The molecule has 1 saturated heterocycles. The van der Waals surface area contributed by atoms with Gasteiger partial charge in [0.1, 0.15) is 5.82 Å². The van der Waals surface area contributed by atoms with Crippen LogP contribution in [0.2, 0.25) is 0 Å². The Morgan fingerprint density at radius 2 is 1.89 bits per heavy atom. The predicted molar refractivity (Wildman–Crippen MR) is 78.1 cm³/mol. The maximum atomic E-state index is 5.85. The lowest BCUT2D eigenvalue weighted by Crippen LogP contribution is -2.42. The topological polar surface area (TPSA) is 55.0 Å². The van der Waals surface area contributed by atoms with Crippen molar-refractivity contribution in [1.82, 2.24) is 9.97 Å². The van der Waals surface area contributed by atoms with Crippen LogP contribution in [0.5, 0.6) is 0 Å². The van der Waals surface area contributed by atoms with E-state index in [1.807, 2.05) is 30.5 Å². The van der Waals surface area contributed by atoms with Crippen LogP contribution < -0.4 is 10.6 Å². The Morgan fingerprint density at radius 1 is 1.21 bits per heavy atom. The zero-order valence-electron chi connectivity index (χ0n) is 11.3. The Kier molecular flexibility index (Phi) is 3.11. The molecule has 2 aromatic rings. The summed E-state index contributed by atoms with van der Waals surface area (Å²) in [6.45, 7) is 5.07. The molecule has 0 aliphatic carbocycles. The van der Waals surface area contributed by atoms with Crippen molar-refractivity contribution < 1.29 is 0 Å².